The van der Waals surface area contributed by atoms with E-state index in [9.17, 15) is 0 Å². The van der Waals surface area contributed by atoms with Crippen molar-refractivity contribution in [3.05, 3.63) is 47.8 Å². The third kappa shape index (κ3) is 3.85. The van der Waals surface area contributed by atoms with Crippen LogP contribution >= 0.6 is 0 Å². The second-order valence-corrected chi connectivity index (χ2v) is 5.37. The van der Waals surface area contributed by atoms with Crippen LogP contribution in [0.15, 0.2) is 36.5 Å². The molecule has 1 aromatic heterocycles. The van der Waals surface area contributed by atoms with Crippen LogP contribution in [0.1, 0.15) is 57.0 Å². The van der Waals surface area contributed by atoms with Gasteiger partial charge in [-0.2, -0.15) is 5.10 Å². The summed E-state index contributed by atoms with van der Waals surface area (Å²) in [7, 11) is 0. The van der Waals surface area contributed by atoms with E-state index in [0.29, 0.717) is 12.6 Å². The molecule has 0 aliphatic rings. The minimum atomic E-state index is -0.0386. The molecule has 1 atom stereocenters. The number of ether oxygens (including phenoxy) is 1. The van der Waals surface area contributed by atoms with Crippen molar-refractivity contribution < 1.29 is 4.74 Å². The van der Waals surface area contributed by atoms with Crippen LogP contribution in [-0.4, -0.2) is 9.78 Å². The summed E-state index contributed by atoms with van der Waals surface area (Å²) in [5, 5.41) is 4.60. The van der Waals surface area contributed by atoms with Crippen molar-refractivity contribution in [3.63, 3.8) is 0 Å². The lowest BCUT2D eigenvalue weighted by Gasteiger charge is -2.14. The number of nitrogens with two attached hydrogens (primary N) is 1. The average Bonchev–Trinajstić information content (AvgIpc) is 2.95. The molecular weight excluding hydrogens is 262 g/mol. The molecule has 0 aliphatic carbocycles. The summed E-state index contributed by atoms with van der Waals surface area (Å²) in [6.07, 6.45) is 4.21. The fourth-order valence-electron chi connectivity index (χ4n) is 2.46. The van der Waals surface area contributed by atoms with Gasteiger partial charge in [-0.25, -0.2) is 0 Å². The van der Waals surface area contributed by atoms with Crippen molar-refractivity contribution in [1.82, 2.24) is 9.78 Å². The maximum absolute atomic E-state index is 5.96. The highest BCUT2D eigenvalue weighted by Crippen LogP contribution is 2.24. The molecule has 0 spiro atoms. The standard InChI is InChI=1S/C17H25N3O/c1-4-15(5-2)20-11-10-14(19-20)12-21-17-9-7-6-8-16(17)13(3)18/h6-11,13,15H,4-5,12,18H2,1-3H3/t13-/m0/s1. The second kappa shape index (κ2) is 7.27. The zero-order valence-corrected chi connectivity index (χ0v) is 13.1. The van der Waals surface area contributed by atoms with Gasteiger partial charge in [0.25, 0.3) is 0 Å². The molecule has 2 rings (SSSR count). The summed E-state index contributed by atoms with van der Waals surface area (Å²) >= 11 is 0. The van der Waals surface area contributed by atoms with Crippen molar-refractivity contribution in [1.29, 1.82) is 0 Å². The number of benzene rings is 1. The first kappa shape index (κ1) is 15.6. The topological polar surface area (TPSA) is 53.1 Å². The van der Waals surface area contributed by atoms with E-state index in [-0.39, 0.29) is 6.04 Å². The lowest BCUT2D eigenvalue weighted by Crippen LogP contribution is -2.10. The predicted octanol–water partition coefficient (Wildman–Crippen LogP) is 3.84. The Morgan fingerprint density at radius 2 is 1.90 bits per heavy atom. The lowest BCUT2D eigenvalue weighted by molar-refractivity contribution is 0.293. The monoisotopic (exact) mass is 287 g/mol. The molecule has 0 fully saturated rings. The summed E-state index contributed by atoms with van der Waals surface area (Å²) in [4.78, 5) is 0. The van der Waals surface area contributed by atoms with Crippen LogP contribution in [0.3, 0.4) is 0 Å². The molecule has 0 saturated carbocycles. The van der Waals surface area contributed by atoms with E-state index < -0.39 is 0 Å². The maximum atomic E-state index is 5.96. The zero-order valence-electron chi connectivity index (χ0n) is 13.1. The van der Waals surface area contributed by atoms with Crippen molar-refractivity contribution in [3.8, 4) is 5.75 Å². The number of hydrogen-bond acceptors (Lipinski definition) is 3. The molecular formula is C17H25N3O. The molecule has 0 aliphatic heterocycles. The van der Waals surface area contributed by atoms with Gasteiger partial charge in [0.2, 0.25) is 0 Å². The van der Waals surface area contributed by atoms with Crippen LogP contribution in [0.5, 0.6) is 5.75 Å². The molecule has 114 valence electrons. The van der Waals surface area contributed by atoms with Gasteiger partial charge in [-0.1, -0.05) is 32.0 Å². The van der Waals surface area contributed by atoms with Crippen molar-refractivity contribution in [2.75, 3.05) is 0 Å². The van der Waals surface area contributed by atoms with Gasteiger partial charge in [-0.05, 0) is 31.9 Å². The fraction of sp³-hybridized carbons (Fsp3) is 0.471. The number of rotatable bonds is 7. The molecule has 21 heavy (non-hydrogen) atoms. The minimum Gasteiger partial charge on any atom is -0.487 e. The third-order valence-corrected chi connectivity index (χ3v) is 3.77. The van der Waals surface area contributed by atoms with Crippen LogP contribution in [0.2, 0.25) is 0 Å². The van der Waals surface area contributed by atoms with E-state index in [1.165, 1.54) is 0 Å². The van der Waals surface area contributed by atoms with Crippen molar-refractivity contribution in [2.24, 2.45) is 5.73 Å². The molecule has 4 heteroatoms. The van der Waals surface area contributed by atoms with Gasteiger partial charge in [-0.3, -0.25) is 4.68 Å². The van der Waals surface area contributed by atoms with E-state index in [1.807, 2.05) is 48.1 Å². The molecule has 1 heterocycles. The molecule has 0 unspecified atom stereocenters. The van der Waals surface area contributed by atoms with Crippen LogP contribution < -0.4 is 10.5 Å². The number of hydrogen-bond donors (Lipinski definition) is 1. The number of nitrogens with zero attached hydrogens (tertiary/aromatic N) is 2. The maximum Gasteiger partial charge on any atom is 0.132 e. The summed E-state index contributed by atoms with van der Waals surface area (Å²) in [6.45, 7) is 6.80. The Balaban J connectivity index is 2.04. The van der Waals surface area contributed by atoms with Crippen molar-refractivity contribution >= 4 is 0 Å². The average molecular weight is 287 g/mol. The Hall–Kier alpha value is -1.81. The minimum absolute atomic E-state index is 0.0386. The highest BCUT2D eigenvalue weighted by molar-refractivity contribution is 5.35. The number of para-hydroxylation sites is 1. The van der Waals surface area contributed by atoms with Crippen molar-refractivity contribution in [2.45, 2.75) is 52.3 Å². The summed E-state index contributed by atoms with van der Waals surface area (Å²) in [6, 6.07) is 10.3. The fourth-order valence-corrected chi connectivity index (χ4v) is 2.46. The largest absolute Gasteiger partial charge is 0.487 e. The highest BCUT2D eigenvalue weighted by Gasteiger charge is 2.10. The van der Waals surface area contributed by atoms with Gasteiger partial charge in [0.15, 0.2) is 0 Å². The smallest absolute Gasteiger partial charge is 0.132 e. The van der Waals surface area contributed by atoms with Gasteiger partial charge >= 0.3 is 0 Å². The molecule has 0 bridgehead atoms. The summed E-state index contributed by atoms with van der Waals surface area (Å²) in [5.41, 5.74) is 7.93. The Labute approximate surface area is 126 Å². The molecule has 0 amide bonds. The van der Waals surface area contributed by atoms with Gasteiger partial charge in [0, 0.05) is 17.8 Å². The van der Waals surface area contributed by atoms with E-state index in [0.717, 1.165) is 29.8 Å². The Kier molecular flexibility index (Phi) is 5.39. The van der Waals surface area contributed by atoms with E-state index in [4.69, 9.17) is 10.5 Å². The van der Waals surface area contributed by atoms with Crippen LogP contribution in [0.4, 0.5) is 0 Å². The first-order valence-corrected chi connectivity index (χ1v) is 7.67. The highest BCUT2D eigenvalue weighted by atomic mass is 16.5. The van der Waals surface area contributed by atoms with Crippen LogP contribution in [-0.2, 0) is 6.61 Å². The molecule has 2 N–H and O–H groups in total. The Morgan fingerprint density at radius 3 is 2.57 bits per heavy atom. The Bertz CT molecular complexity index is 559. The third-order valence-electron chi connectivity index (χ3n) is 3.77. The van der Waals surface area contributed by atoms with Gasteiger partial charge in [-0.15, -0.1) is 0 Å². The molecule has 4 nitrogen and oxygen atoms in total. The molecule has 2 aromatic rings. The van der Waals surface area contributed by atoms with E-state index in [1.54, 1.807) is 0 Å². The normalized spacial score (nSPS) is 12.6. The summed E-state index contributed by atoms with van der Waals surface area (Å²) in [5.74, 6) is 0.838. The van der Waals surface area contributed by atoms with Gasteiger partial charge < -0.3 is 10.5 Å². The van der Waals surface area contributed by atoms with E-state index in [2.05, 4.69) is 18.9 Å². The lowest BCUT2D eigenvalue weighted by atomic mass is 10.1. The SMILES string of the molecule is CCC(CC)n1ccc(COc2ccccc2[C@H](C)N)n1. The summed E-state index contributed by atoms with van der Waals surface area (Å²) < 4.78 is 7.93. The first-order chi connectivity index (χ1) is 10.2. The molecule has 0 radical (unpaired) electrons. The zero-order chi connectivity index (χ0) is 15.2. The quantitative estimate of drug-likeness (QED) is 0.841. The van der Waals surface area contributed by atoms with Gasteiger partial charge in [0.05, 0.1) is 11.7 Å². The first-order valence-electron chi connectivity index (χ1n) is 7.67. The predicted molar refractivity (Wildman–Crippen MR) is 85.2 cm³/mol. The Morgan fingerprint density at radius 1 is 1.19 bits per heavy atom. The molecule has 1 aromatic carbocycles. The van der Waals surface area contributed by atoms with Gasteiger partial charge in [0.1, 0.15) is 12.4 Å². The number of aromatic nitrogens is 2. The van der Waals surface area contributed by atoms with Crippen LogP contribution in [0.25, 0.3) is 0 Å². The second-order valence-electron chi connectivity index (χ2n) is 5.37. The molecule has 0 saturated heterocycles. The van der Waals surface area contributed by atoms with Crippen LogP contribution in [0, 0.1) is 0 Å². The van der Waals surface area contributed by atoms with E-state index >= 15 is 0 Å².